The summed E-state index contributed by atoms with van der Waals surface area (Å²) in [7, 11) is 7.28. The monoisotopic (exact) mass is 485 g/mol. The first-order valence-electron chi connectivity index (χ1n) is 8.45. The van der Waals surface area contributed by atoms with Crippen LogP contribution in [-0.2, 0) is 24.9 Å². The number of carbonyl (C=O) groups is 1. The number of hydrogen-bond acceptors (Lipinski definition) is 3. The molecule has 148 valence electrons. The molecule has 0 fully saturated rings. The van der Waals surface area contributed by atoms with E-state index in [1.54, 1.807) is 14.2 Å². The van der Waals surface area contributed by atoms with Crippen LogP contribution in [0.15, 0.2) is 47.6 Å². The van der Waals surface area contributed by atoms with Crippen LogP contribution >= 0.6 is 24.0 Å². The Balaban J connectivity index is 0.00000364. The number of amides is 1. The van der Waals surface area contributed by atoms with Crippen molar-refractivity contribution in [1.82, 2.24) is 20.1 Å². The number of nitrogens with one attached hydrogen (secondary N) is 2. The Bertz CT molecular complexity index is 743. The van der Waals surface area contributed by atoms with Crippen molar-refractivity contribution in [1.29, 1.82) is 0 Å². The molecule has 8 heteroatoms. The predicted octanol–water partition coefficient (Wildman–Crippen LogP) is 1.98. The maximum absolute atomic E-state index is 12.1. The van der Waals surface area contributed by atoms with Crippen molar-refractivity contribution in [2.75, 3.05) is 27.7 Å². The molecule has 2 N–H and O–H groups in total. The van der Waals surface area contributed by atoms with Crippen LogP contribution in [0.3, 0.4) is 0 Å². The lowest BCUT2D eigenvalue weighted by Gasteiger charge is -2.22. The van der Waals surface area contributed by atoms with E-state index < -0.39 is 0 Å². The molecule has 0 aliphatic rings. The van der Waals surface area contributed by atoms with E-state index >= 15 is 0 Å². The highest BCUT2D eigenvalue weighted by molar-refractivity contribution is 14.0. The number of nitrogens with zero attached hydrogens (tertiary/aromatic N) is 3. The molecular formula is C19H28IN5O2. The Kier molecular flexibility index (Phi) is 9.70. The second-order valence-electron chi connectivity index (χ2n) is 5.99. The lowest BCUT2D eigenvalue weighted by molar-refractivity contribution is -0.120. The average Bonchev–Trinajstić information content (AvgIpc) is 3.05. The highest BCUT2D eigenvalue weighted by Crippen LogP contribution is 2.10. The molecule has 0 bridgehead atoms. The number of methoxy groups -OCH3 is 1. The Labute approximate surface area is 177 Å². The fraction of sp³-hybridized carbons (Fsp3) is 0.368. The number of hydrogen-bond donors (Lipinski definition) is 2. The number of carbonyl (C=O) groups excluding carboxylic acids is 1. The van der Waals surface area contributed by atoms with Gasteiger partial charge in [0, 0.05) is 39.6 Å². The lowest BCUT2D eigenvalue weighted by Crippen LogP contribution is -2.43. The van der Waals surface area contributed by atoms with Gasteiger partial charge in [-0.15, -0.1) is 24.0 Å². The Morgan fingerprint density at radius 3 is 2.48 bits per heavy atom. The topological polar surface area (TPSA) is 70.9 Å². The van der Waals surface area contributed by atoms with Gasteiger partial charge in [-0.3, -0.25) is 9.79 Å². The molecule has 1 aromatic carbocycles. The smallest absolute Gasteiger partial charge is 0.239 e. The van der Waals surface area contributed by atoms with Crippen molar-refractivity contribution >= 4 is 35.8 Å². The zero-order chi connectivity index (χ0) is 18.9. The van der Waals surface area contributed by atoms with Gasteiger partial charge < -0.3 is 24.8 Å². The number of halogens is 1. The summed E-state index contributed by atoms with van der Waals surface area (Å²) < 4.78 is 7.18. The van der Waals surface area contributed by atoms with Crippen molar-refractivity contribution in [3.63, 3.8) is 0 Å². The van der Waals surface area contributed by atoms with Crippen LogP contribution in [0, 0.1) is 0 Å². The summed E-state index contributed by atoms with van der Waals surface area (Å²) in [5.41, 5.74) is 2.18. The van der Waals surface area contributed by atoms with Gasteiger partial charge in [0.05, 0.1) is 20.2 Å². The molecule has 0 saturated carbocycles. The molecule has 1 heterocycles. The number of aliphatic imine (C=N–C) groups is 1. The van der Waals surface area contributed by atoms with Crippen LogP contribution in [0.25, 0.3) is 0 Å². The molecular weight excluding hydrogens is 457 g/mol. The van der Waals surface area contributed by atoms with Crippen molar-refractivity contribution in [2.45, 2.75) is 13.1 Å². The predicted molar refractivity (Wildman–Crippen MR) is 118 cm³/mol. The molecule has 0 atom stereocenters. The molecule has 0 unspecified atom stereocenters. The second-order valence-corrected chi connectivity index (χ2v) is 5.99. The van der Waals surface area contributed by atoms with Gasteiger partial charge in [0.2, 0.25) is 5.91 Å². The normalized spacial score (nSPS) is 10.7. The summed E-state index contributed by atoms with van der Waals surface area (Å²) in [4.78, 5) is 18.3. The maximum Gasteiger partial charge on any atom is 0.239 e. The minimum Gasteiger partial charge on any atom is -0.497 e. The van der Waals surface area contributed by atoms with Crippen LogP contribution in [0.1, 0.15) is 11.3 Å². The number of rotatable bonds is 7. The van der Waals surface area contributed by atoms with E-state index in [1.165, 1.54) is 5.69 Å². The largest absolute Gasteiger partial charge is 0.497 e. The molecule has 2 aromatic rings. The van der Waals surface area contributed by atoms with Crippen molar-refractivity contribution in [2.24, 2.45) is 12.0 Å². The minimum atomic E-state index is -0.0887. The van der Waals surface area contributed by atoms with Crippen LogP contribution < -0.4 is 15.4 Å². The van der Waals surface area contributed by atoms with Crippen LogP contribution in [0.5, 0.6) is 5.75 Å². The van der Waals surface area contributed by atoms with E-state index in [0.717, 1.165) is 11.3 Å². The van der Waals surface area contributed by atoms with Crippen molar-refractivity contribution in [3.8, 4) is 5.75 Å². The molecule has 0 aliphatic carbocycles. The minimum absolute atomic E-state index is 0. The Morgan fingerprint density at radius 1 is 1.22 bits per heavy atom. The molecule has 7 nitrogen and oxygen atoms in total. The third-order valence-electron chi connectivity index (χ3n) is 4.08. The van der Waals surface area contributed by atoms with Crippen molar-refractivity contribution in [3.05, 3.63) is 53.9 Å². The summed E-state index contributed by atoms with van der Waals surface area (Å²) in [6.45, 7) is 1.35. The SMILES string of the molecule is CN=C(NCC(=O)NCc1ccc(OC)cc1)N(C)Cc1cccn1C.I. The van der Waals surface area contributed by atoms with E-state index in [0.29, 0.717) is 19.0 Å². The van der Waals surface area contributed by atoms with Crippen molar-refractivity contribution < 1.29 is 9.53 Å². The number of benzene rings is 1. The van der Waals surface area contributed by atoms with Gasteiger partial charge >= 0.3 is 0 Å². The second kappa shape index (κ2) is 11.5. The average molecular weight is 485 g/mol. The Hall–Kier alpha value is -2.23. The summed E-state index contributed by atoms with van der Waals surface area (Å²) in [5.74, 6) is 1.38. The fourth-order valence-corrected chi connectivity index (χ4v) is 2.53. The zero-order valence-corrected chi connectivity index (χ0v) is 18.6. The number of guanidine groups is 1. The molecule has 2 rings (SSSR count). The fourth-order valence-electron chi connectivity index (χ4n) is 2.53. The van der Waals surface area contributed by atoms with Gasteiger partial charge in [0.25, 0.3) is 0 Å². The first-order valence-corrected chi connectivity index (χ1v) is 8.45. The molecule has 0 saturated heterocycles. The molecule has 1 aromatic heterocycles. The van der Waals surface area contributed by atoms with Gasteiger partial charge in [-0.25, -0.2) is 0 Å². The standard InChI is InChI=1S/C19H27N5O2.HI/c1-20-19(24(3)14-16-6-5-11-23(16)2)22-13-18(25)21-12-15-7-9-17(26-4)10-8-15;/h5-11H,12-14H2,1-4H3,(H,20,22)(H,21,25);1H. The maximum atomic E-state index is 12.1. The van der Waals surface area contributed by atoms with E-state index in [-0.39, 0.29) is 36.4 Å². The van der Waals surface area contributed by atoms with Gasteiger partial charge in [-0.05, 0) is 29.8 Å². The third-order valence-corrected chi connectivity index (χ3v) is 4.08. The molecule has 0 spiro atoms. The lowest BCUT2D eigenvalue weighted by atomic mass is 10.2. The number of ether oxygens (including phenoxy) is 1. The van der Waals surface area contributed by atoms with Gasteiger partial charge in [-0.1, -0.05) is 12.1 Å². The summed E-state index contributed by atoms with van der Waals surface area (Å²) in [5, 5.41) is 5.98. The van der Waals surface area contributed by atoms with E-state index in [9.17, 15) is 4.79 Å². The highest BCUT2D eigenvalue weighted by atomic mass is 127. The summed E-state index contributed by atoms with van der Waals surface area (Å²) >= 11 is 0. The molecule has 1 amide bonds. The quantitative estimate of drug-likeness (QED) is 0.358. The first-order chi connectivity index (χ1) is 12.5. The van der Waals surface area contributed by atoms with Crippen LogP contribution in [0.2, 0.25) is 0 Å². The van der Waals surface area contributed by atoms with Crippen LogP contribution in [-0.4, -0.2) is 49.1 Å². The van der Waals surface area contributed by atoms with Gasteiger partial charge in [0.1, 0.15) is 5.75 Å². The first kappa shape index (κ1) is 22.8. The van der Waals surface area contributed by atoms with E-state index in [1.807, 2.05) is 55.5 Å². The Morgan fingerprint density at radius 2 is 1.93 bits per heavy atom. The molecule has 0 aliphatic heterocycles. The summed E-state index contributed by atoms with van der Waals surface area (Å²) in [6, 6.07) is 11.7. The van der Waals surface area contributed by atoms with Gasteiger partial charge in [-0.2, -0.15) is 0 Å². The highest BCUT2D eigenvalue weighted by Gasteiger charge is 2.10. The van der Waals surface area contributed by atoms with E-state index in [4.69, 9.17) is 4.74 Å². The number of aryl methyl sites for hydroxylation is 1. The van der Waals surface area contributed by atoms with E-state index in [2.05, 4.69) is 26.3 Å². The number of aromatic nitrogens is 1. The zero-order valence-electron chi connectivity index (χ0n) is 16.2. The third kappa shape index (κ3) is 7.12. The summed E-state index contributed by atoms with van der Waals surface area (Å²) in [6.07, 6.45) is 2.01. The van der Waals surface area contributed by atoms with Crippen LogP contribution in [0.4, 0.5) is 0 Å². The van der Waals surface area contributed by atoms with Gasteiger partial charge in [0.15, 0.2) is 5.96 Å². The molecule has 27 heavy (non-hydrogen) atoms. The molecule has 0 radical (unpaired) electrons.